The van der Waals surface area contributed by atoms with E-state index in [0.29, 0.717) is 31.9 Å². The van der Waals surface area contributed by atoms with Crippen LogP contribution in [0.4, 0.5) is 13.2 Å². The third-order valence-corrected chi connectivity index (χ3v) is 7.67. The Balaban J connectivity index is 2.06. The molecule has 0 spiro atoms. The summed E-state index contributed by atoms with van der Waals surface area (Å²) in [5.41, 5.74) is -2.07. The number of thiazole rings is 1. The molecule has 6 nitrogen and oxygen atoms in total. The highest BCUT2D eigenvalue weighted by molar-refractivity contribution is 9.11. The number of ether oxygens (including phenoxy) is 2. The molecule has 2 aromatic carbocycles. The first-order chi connectivity index (χ1) is 18.0. The van der Waals surface area contributed by atoms with Crippen LogP contribution in [-0.4, -0.2) is 29.9 Å². The average Bonchev–Trinajstić information content (AvgIpc) is 3.15. The Kier molecular flexibility index (Phi) is 8.55. The molecule has 0 radical (unpaired) electrons. The fourth-order valence-electron chi connectivity index (χ4n) is 3.93. The zero-order valence-corrected chi connectivity index (χ0v) is 24.5. The second-order valence-electron chi connectivity index (χ2n) is 7.85. The summed E-state index contributed by atoms with van der Waals surface area (Å²) in [5.74, 6) is -0.758. The van der Waals surface area contributed by atoms with Crippen LogP contribution < -0.4 is 19.6 Å². The van der Waals surface area contributed by atoms with E-state index in [1.54, 1.807) is 19.1 Å². The monoisotopic (exact) mass is 692 g/mol. The third-order valence-electron chi connectivity index (χ3n) is 5.39. The Morgan fingerprint density at radius 3 is 2.47 bits per heavy atom. The van der Waals surface area contributed by atoms with Crippen LogP contribution in [0.15, 0.2) is 66.4 Å². The van der Waals surface area contributed by atoms with Crippen LogP contribution in [0.3, 0.4) is 0 Å². The molecule has 3 aromatic rings. The van der Waals surface area contributed by atoms with Crippen LogP contribution in [0, 0.1) is 0 Å². The SMILES string of the molecule is CCOC(=O)C1=C(C(F)(F)F)N=c2s/c(=C\c3cc(Br)cc(Br)c3OCC)c(=O)n2[C@H]1c1ccc(Cl)cc1. The molecule has 0 N–H and O–H groups in total. The highest BCUT2D eigenvalue weighted by atomic mass is 79.9. The van der Waals surface area contributed by atoms with Crippen molar-refractivity contribution in [2.45, 2.75) is 26.1 Å². The van der Waals surface area contributed by atoms with E-state index in [-0.39, 0.29) is 21.5 Å². The van der Waals surface area contributed by atoms with Crippen molar-refractivity contribution in [1.82, 2.24) is 4.57 Å². The fraction of sp³-hybridized carbons (Fsp3) is 0.240. The van der Waals surface area contributed by atoms with Gasteiger partial charge in [-0.3, -0.25) is 9.36 Å². The Morgan fingerprint density at radius 2 is 1.87 bits per heavy atom. The largest absolute Gasteiger partial charge is 0.492 e. The molecule has 2 heterocycles. The summed E-state index contributed by atoms with van der Waals surface area (Å²) in [7, 11) is 0. The molecule has 1 aromatic heterocycles. The van der Waals surface area contributed by atoms with E-state index in [1.165, 1.54) is 37.3 Å². The highest BCUT2D eigenvalue weighted by Gasteiger charge is 2.45. The average molecular weight is 695 g/mol. The number of esters is 1. The number of aromatic nitrogens is 1. The highest BCUT2D eigenvalue weighted by Crippen LogP contribution is 2.39. The number of halogens is 6. The van der Waals surface area contributed by atoms with Crippen molar-refractivity contribution in [3.8, 4) is 5.75 Å². The number of hydrogen-bond acceptors (Lipinski definition) is 6. The molecule has 0 bridgehead atoms. The molecule has 1 aliphatic rings. The van der Waals surface area contributed by atoms with Crippen molar-refractivity contribution in [3.05, 3.63) is 92.5 Å². The molecular formula is C25H18Br2ClF3N2O4S. The fourth-order valence-corrected chi connectivity index (χ4v) is 6.42. The lowest BCUT2D eigenvalue weighted by Gasteiger charge is -2.26. The van der Waals surface area contributed by atoms with E-state index in [9.17, 15) is 22.8 Å². The van der Waals surface area contributed by atoms with E-state index >= 15 is 0 Å². The van der Waals surface area contributed by atoms with Crippen molar-refractivity contribution < 1.29 is 27.4 Å². The van der Waals surface area contributed by atoms with Crippen LogP contribution in [0.1, 0.15) is 31.0 Å². The molecule has 0 amide bonds. The summed E-state index contributed by atoms with van der Waals surface area (Å²) in [6, 6.07) is 7.90. The molecule has 4 rings (SSSR count). The number of allylic oxidation sites excluding steroid dienone is 1. The minimum absolute atomic E-state index is 0.0975. The van der Waals surface area contributed by atoms with Crippen molar-refractivity contribution >= 4 is 66.8 Å². The Morgan fingerprint density at radius 1 is 1.18 bits per heavy atom. The van der Waals surface area contributed by atoms with Crippen LogP contribution in [0.5, 0.6) is 5.75 Å². The van der Waals surface area contributed by atoms with Crippen molar-refractivity contribution in [2.75, 3.05) is 13.2 Å². The van der Waals surface area contributed by atoms with Gasteiger partial charge in [0.15, 0.2) is 10.5 Å². The number of benzene rings is 2. The normalized spacial score (nSPS) is 15.8. The minimum Gasteiger partial charge on any atom is -0.492 e. The summed E-state index contributed by atoms with van der Waals surface area (Å²) in [6.45, 7) is 3.46. The number of alkyl halides is 3. The van der Waals surface area contributed by atoms with Gasteiger partial charge in [0, 0.05) is 15.1 Å². The van der Waals surface area contributed by atoms with Crippen molar-refractivity contribution in [1.29, 1.82) is 0 Å². The number of fused-ring (bicyclic) bond motifs is 1. The summed E-state index contributed by atoms with van der Waals surface area (Å²) in [4.78, 5) is 30.2. The summed E-state index contributed by atoms with van der Waals surface area (Å²) < 4.78 is 55.8. The molecule has 0 fully saturated rings. The number of hydrogen-bond donors (Lipinski definition) is 0. The molecule has 13 heteroatoms. The van der Waals surface area contributed by atoms with Gasteiger partial charge in [0.25, 0.3) is 5.56 Å². The van der Waals surface area contributed by atoms with Gasteiger partial charge in [-0.25, -0.2) is 9.79 Å². The van der Waals surface area contributed by atoms with Gasteiger partial charge in [-0.2, -0.15) is 13.2 Å². The summed E-state index contributed by atoms with van der Waals surface area (Å²) in [5, 5.41) is 0.336. The summed E-state index contributed by atoms with van der Waals surface area (Å²) >= 11 is 13.6. The molecule has 1 aliphatic heterocycles. The first-order valence-corrected chi connectivity index (χ1v) is 13.9. The maximum absolute atomic E-state index is 14.2. The lowest BCUT2D eigenvalue weighted by Crippen LogP contribution is -2.41. The van der Waals surface area contributed by atoms with Gasteiger partial charge in [0.2, 0.25) is 0 Å². The smallest absolute Gasteiger partial charge is 0.434 e. The quantitative estimate of drug-likeness (QED) is 0.301. The number of carbonyl (C=O) groups excluding carboxylic acids is 1. The van der Waals surface area contributed by atoms with E-state index in [4.69, 9.17) is 21.1 Å². The zero-order chi connectivity index (χ0) is 27.8. The van der Waals surface area contributed by atoms with E-state index in [2.05, 4.69) is 36.9 Å². The van der Waals surface area contributed by atoms with Gasteiger partial charge in [0.1, 0.15) is 5.75 Å². The molecule has 0 saturated heterocycles. The topological polar surface area (TPSA) is 69.9 Å². The maximum Gasteiger partial charge on any atom is 0.434 e. The Hall–Kier alpha value is -2.41. The van der Waals surface area contributed by atoms with Crippen molar-refractivity contribution in [3.63, 3.8) is 0 Å². The molecule has 200 valence electrons. The lowest BCUT2D eigenvalue weighted by molar-refractivity contribution is -0.140. The lowest BCUT2D eigenvalue weighted by atomic mass is 9.95. The van der Waals surface area contributed by atoms with Gasteiger partial charge < -0.3 is 9.47 Å². The molecule has 1 atom stereocenters. The van der Waals surface area contributed by atoms with Crippen molar-refractivity contribution in [2.24, 2.45) is 4.99 Å². The van der Waals surface area contributed by atoms with Crippen LogP contribution >= 0.6 is 54.8 Å². The maximum atomic E-state index is 14.2. The van der Waals surface area contributed by atoms with Gasteiger partial charge in [0.05, 0.1) is 33.8 Å². The predicted molar refractivity (Wildman–Crippen MR) is 145 cm³/mol. The predicted octanol–water partition coefficient (Wildman–Crippen LogP) is 5.92. The van der Waals surface area contributed by atoms with Gasteiger partial charge >= 0.3 is 12.1 Å². The van der Waals surface area contributed by atoms with Gasteiger partial charge in [-0.05, 0) is 65.7 Å². The molecular weight excluding hydrogens is 677 g/mol. The molecule has 38 heavy (non-hydrogen) atoms. The van der Waals surface area contributed by atoms with Gasteiger partial charge in [-0.15, -0.1) is 0 Å². The summed E-state index contributed by atoms with van der Waals surface area (Å²) in [6.07, 6.45) is -3.47. The van der Waals surface area contributed by atoms with E-state index in [0.717, 1.165) is 15.9 Å². The van der Waals surface area contributed by atoms with Crippen LogP contribution in [-0.2, 0) is 9.53 Å². The Labute approximate surface area is 240 Å². The van der Waals surface area contributed by atoms with E-state index in [1.807, 2.05) is 0 Å². The number of rotatable bonds is 6. The molecule has 0 saturated carbocycles. The zero-order valence-electron chi connectivity index (χ0n) is 19.7. The Bertz CT molecular complexity index is 1620. The van der Waals surface area contributed by atoms with Gasteiger partial charge in [-0.1, -0.05) is 51.0 Å². The number of carbonyl (C=O) groups is 1. The second kappa shape index (κ2) is 11.4. The standard InChI is InChI=1S/C25H18Br2ClF3N2O4S/c1-3-36-20-13(9-14(26)11-16(20)27)10-17-22(34)33-19(12-5-7-15(28)8-6-12)18(23(35)37-4-2)21(25(29,30)31)32-24(33)38-17/h5-11,19H,3-4H2,1-2H3/b17-10-/t19-/m0/s1. The number of nitrogens with zero attached hydrogens (tertiary/aromatic N) is 2. The minimum atomic E-state index is -4.99. The third kappa shape index (κ3) is 5.63. The molecule has 0 unspecified atom stereocenters. The van der Waals surface area contributed by atoms with Crippen LogP contribution in [0.2, 0.25) is 5.02 Å². The van der Waals surface area contributed by atoms with E-state index < -0.39 is 35.0 Å². The first-order valence-electron chi connectivity index (χ1n) is 11.1. The second-order valence-corrected chi connectivity index (χ2v) is 11.1. The first kappa shape index (κ1) is 28.6. The molecule has 0 aliphatic carbocycles. The van der Waals surface area contributed by atoms with Crippen LogP contribution in [0.25, 0.3) is 6.08 Å².